The quantitative estimate of drug-likeness (QED) is 0.709. The first-order valence-electron chi connectivity index (χ1n) is 5.01. The molecule has 0 aliphatic heterocycles. The fourth-order valence-electron chi connectivity index (χ4n) is 1.41. The van der Waals surface area contributed by atoms with E-state index < -0.39 is 11.2 Å². The smallest absolute Gasteiger partial charge is 0.331 e. The first-order chi connectivity index (χ1) is 8.01. The maximum absolute atomic E-state index is 11.8. The highest BCUT2D eigenvalue weighted by molar-refractivity contribution is 5.22. The van der Waals surface area contributed by atoms with Crippen molar-refractivity contribution in [3.8, 4) is 6.07 Å². The van der Waals surface area contributed by atoms with E-state index in [1.165, 1.54) is 0 Å². The highest BCUT2D eigenvalue weighted by Crippen LogP contribution is 1.92. The minimum atomic E-state index is -0.630. The molecule has 0 fully saturated rings. The summed E-state index contributed by atoms with van der Waals surface area (Å²) in [5.41, 5.74) is -0.671. The molecule has 6 heteroatoms. The molecular weight excluding hydrogens is 222 g/mol. The maximum atomic E-state index is 11.8. The van der Waals surface area contributed by atoms with E-state index in [4.69, 9.17) is 10.4 Å². The SMILES string of the molecule is C=C(C)Cn1c(=O)c(C#N)cn(CCO)c1=O. The average Bonchev–Trinajstić information content (AvgIpc) is 2.28. The topological polar surface area (TPSA) is 88.0 Å². The highest BCUT2D eigenvalue weighted by atomic mass is 16.3. The first-order valence-corrected chi connectivity index (χ1v) is 5.01. The number of rotatable bonds is 4. The van der Waals surface area contributed by atoms with Gasteiger partial charge >= 0.3 is 5.69 Å². The van der Waals surface area contributed by atoms with Gasteiger partial charge in [0.1, 0.15) is 11.6 Å². The number of allylic oxidation sites excluding steroid dienone is 1. The Balaban J connectivity index is 3.51. The zero-order chi connectivity index (χ0) is 13.0. The summed E-state index contributed by atoms with van der Waals surface area (Å²) in [6, 6.07) is 1.73. The van der Waals surface area contributed by atoms with Crippen molar-refractivity contribution in [3.63, 3.8) is 0 Å². The summed E-state index contributed by atoms with van der Waals surface area (Å²) >= 11 is 0. The van der Waals surface area contributed by atoms with Gasteiger partial charge in [0.15, 0.2) is 0 Å². The molecule has 0 atom stereocenters. The molecule has 17 heavy (non-hydrogen) atoms. The van der Waals surface area contributed by atoms with E-state index in [-0.39, 0.29) is 25.3 Å². The lowest BCUT2D eigenvalue weighted by molar-refractivity contribution is 0.271. The number of nitriles is 1. The van der Waals surface area contributed by atoms with Crippen LogP contribution in [0, 0.1) is 11.3 Å². The molecule has 1 heterocycles. The van der Waals surface area contributed by atoms with Crippen LogP contribution < -0.4 is 11.2 Å². The van der Waals surface area contributed by atoms with Gasteiger partial charge in [0, 0.05) is 6.20 Å². The Morgan fingerprint density at radius 1 is 1.59 bits per heavy atom. The molecule has 0 radical (unpaired) electrons. The van der Waals surface area contributed by atoms with Crippen LogP contribution in [0.25, 0.3) is 0 Å². The molecule has 1 N–H and O–H groups in total. The normalized spacial score (nSPS) is 9.94. The van der Waals surface area contributed by atoms with Crippen molar-refractivity contribution in [1.82, 2.24) is 9.13 Å². The lowest BCUT2D eigenvalue weighted by Gasteiger charge is -2.09. The van der Waals surface area contributed by atoms with Gasteiger partial charge in [-0.2, -0.15) is 5.26 Å². The molecule has 0 saturated heterocycles. The summed E-state index contributed by atoms with van der Waals surface area (Å²) in [6.07, 6.45) is 1.16. The van der Waals surface area contributed by atoms with Crippen molar-refractivity contribution >= 4 is 0 Å². The van der Waals surface area contributed by atoms with E-state index in [0.717, 1.165) is 15.3 Å². The van der Waals surface area contributed by atoms with Gasteiger partial charge in [-0.1, -0.05) is 12.2 Å². The Hall–Kier alpha value is -2.13. The van der Waals surface area contributed by atoms with Gasteiger partial charge in [0.2, 0.25) is 0 Å². The lowest BCUT2D eigenvalue weighted by atomic mass is 10.3. The number of aliphatic hydroxyl groups is 1. The molecule has 0 saturated carbocycles. The average molecular weight is 235 g/mol. The van der Waals surface area contributed by atoms with Gasteiger partial charge < -0.3 is 5.11 Å². The molecule has 1 rings (SSSR count). The summed E-state index contributed by atoms with van der Waals surface area (Å²) in [5, 5.41) is 17.6. The van der Waals surface area contributed by atoms with Crippen LogP contribution >= 0.6 is 0 Å². The molecule has 1 aromatic heterocycles. The second-order valence-corrected chi connectivity index (χ2v) is 3.70. The predicted octanol–water partition coefficient (Wildman–Crippen LogP) is -0.550. The van der Waals surface area contributed by atoms with Crippen LogP contribution in [0.2, 0.25) is 0 Å². The Bertz CT molecular complexity index is 589. The standard InChI is InChI=1S/C11H13N3O3/c1-8(2)6-14-10(16)9(5-12)7-13(3-4-15)11(14)17/h7,15H,1,3-4,6H2,2H3. The monoisotopic (exact) mass is 235 g/mol. The van der Waals surface area contributed by atoms with Crippen molar-refractivity contribution in [2.75, 3.05) is 6.61 Å². The third-order valence-electron chi connectivity index (χ3n) is 2.13. The molecule has 0 aliphatic rings. The zero-order valence-electron chi connectivity index (χ0n) is 9.51. The fourth-order valence-corrected chi connectivity index (χ4v) is 1.41. The predicted molar refractivity (Wildman–Crippen MR) is 61.6 cm³/mol. The molecule has 0 aliphatic carbocycles. The first kappa shape index (κ1) is 12.9. The number of aliphatic hydroxyl groups excluding tert-OH is 1. The van der Waals surface area contributed by atoms with Crippen molar-refractivity contribution < 1.29 is 5.11 Å². The van der Waals surface area contributed by atoms with Crippen LogP contribution in [-0.4, -0.2) is 20.8 Å². The third kappa shape index (κ3) is 2.71. The van der Waals surface area contributed by atoms with E-state index in [1.807, 2.05) is 0 Å². The van der Waals surface area contributed by atoms with Gasteiger partial charge in [-0.3, -0.25) is 13.9 Å². The summed E-state index contributed by atoms with van der Waals surface area (Å²) in [6.45, 7) is 5.18. The number of nitrogens with zero attached hydrogens (tertiary/aromatic N) is 3. The van der Waals surface area contributed by atoms with Crippen LogP contribution in [-0.2, 0) is 13.1 Å². The largest absolute Gasteiger partial charge is 0.395 e. The number of hydrogen-bond acceptors (Lipinski definition) is 4. The van der Waals surface area contributed by atoms with Gasteiger partial charge in [-0.25, -0.2) is 4.79 Å². The van der Waals surface area contributed by atoms with Crippen molar-refractivity contribution in [2.45, 2.75) is 20.0 Å². The molecule has 0 amide bonds. The summed E-state index contributed by atoms with van der Waals surface area (Å²) in [7, 11) is 0. The molecule has 90 valence electrons. The van der Waals surface area contributed by atoms with Gasteiger partial charge in [0.25, 0.3) is 5.56 Å². The second-order valence-electron chi connectivity index (χ2n) is 3.70. The van der Waals surface area contributed by atoms with Crippen LogP contribution in [0.4, 0.5) is 0 Å². The minimum absolute atomic E-state index is 0.0456. The van der Waals surface area contributed by atoms with Crippen LogP contribution in [0.5, 0.6) is 0 Å². The molecule has 0 spiro atoms. The molecule has 0 unspecified atom stereocenters. The Labute approximate surface area is 97.7 Å². The summed E-state index contributed by atoms with van der Waals surface area (Å²) in [4.78, 5) is 23.6. The summed E-state index contributed by atoms with van der Waals surface area (Å²) < 4.78 is 2.08. The van der Waals surface area contributed by atoms with E-state index in [9.17, 15) is 9.59 Å². The highest BCUT2D eigenvalue weighted by Gasteiger charge is 2.10. The van der Waals surface area contributed by atoms with E-state index in [0.29, 0.717) is 5.57 Å². The van der Waals surface area contributed by atoms with E-state index >= 15 is 0 Å². The molecule has 0 bridgehead atoms. The third-order valence-corrected chi connectivity index (χ3v) is 2.13. The van der Waals surface area contributed by atoms with Crippen molar-refractivity contribution in [3.05, 3.63) is 44.8 Å². The van der Waals surface area contributed by atoms with E-state index in [2.05, 4.69) is 6.58 Å². The number of aromatic nitrogens is 2. The fraction of sp³-hybridized carbons (Fsp3) is 0.364. The summed E-state index contributed by atoms with van der Waals surface area (Å²) in [5.74, 6) is 0. The number of hydrogen-bond donors (Lipinski definition) is 1. The van der Waals surface area contributed by atoms with Crippen molar-refractivity contribution in [2.24, 2.45) is 0 Å². The van der Waals surface area contributed by atoms with Crippen molar-refractivity contribution in [1.29, 1.82) is 5.26 Å². The van der Waals surface area contributed by atoms with Crippen LogP contribution in [0.3, 0.4) is 0 Å². The Morgan fingerprint density at radius 2 is 2.24 bits per heavy atom. The second kappa shape index (κ2) is 5.27. The zero-order valence-corrected chi connectivity index (χ0v) is 9.51. The molecule has 0 aromatic carbocycles. The van der Waals surface area contributed by atoms with Gasteiger partial charge in [0.05, 0.1) is 19.7 Å². The minimum Gasteiger partial charge on any atom is -0.395 e. The molecule has 1 aromatic rings. The van der Waals surface area contributed by atoms with Crippen LogP contribution in [0.15, 0.2) is 27.9 Å². The Kier molecular flexibility index (Phi) is 4.01. The molecular formula is C11H13N3O3. The van der Waals surface area contributed by atoms with Crippen LogP contribution in [0.1, 0.15) is 12.5 Å². The maximum Gasteiger partial charge on any atom is 0.331 e. The lowest BCUT2D eigenvalue weighted by Crippen LogP contribution is -2.41. The van der Waals surface area contributed by atoms with Gasteiger partial charge in [-0.15, -0.1) is 0 Å². The molecule has 6 nitrogen and oxygen atoms in total. The Morgan fingerprint density at radius 3 is 2.71 bits per heavy atom. The van der Waals surface area contributed by atoms with Gasteiger partial charge in [-0.05, 0) is 6.92 Å². The van der Waals surface area contributed by atoms with E-state index in [1.54, 1.807) is 13.0 Å².